The largest absolute Gasteiger partial charge is 0.490 e. The molecular weight excluding hydrogens is 455 g/mol. The molecule has 0 bridgehead atoms. The van der Waals surface area contributed by atoms with Gasteiger partial charge in [-0.25, -0.2) is 9.59 Å². The van der Waals surface area contributed by atoms with Crippen LogP contribution in [0.3, 0.4) is 0 Å². The first-order valence-electron chi connectivity index (χ1n) is 10.1. The molecule has 1 unspecified atom stereocenters. The molecule has 2 aromatic rings. The minimum Gasteiger partial charge on any atom is -0.490 e. The maximum atomic E-state index is 12.5. The average molecular weight is 479 g/mol. The Bertz CT molecular complexity index is 1030. The van der Waals surface area contributed by atoms with Crippen molar-refractivity contribution in [1.82, 2.24) is 10.6 Å². The zero-order valence-electron chi connectivity index (χ0n) is 18.0. The Morgan fingerprint density at radius 2 is 1.75 bits per heavy atom. The van der Waals surface area contributed by atoms with Gasteiger partial charge in [-0.15, -0.1) is 0 Å². The fraction of sp³-hybridized carbons (Fsp3) is 0.304. The maximum absolute atomic E-state index is 12.5. The minimum atomic E-state index is -0.700. The molecule has 2 amide bonds. The molecule has 1 aliphatic heterocycles. The molecule has 9 heteroatoms. The smallest absolute Gasteiger partial charge is 0.338 e. The van der Waals surface area contributed by atoms with Crippen LogP contribution in [0.1, 0.15) is 37.9 Å². The number of nitrogens with one attached hydrogen (secondary N) is 2. The summed E-state index contributed by atoms with van der Waals surface area (Å²) < 4.78 is 16.9. The summed E-state index contributed by atoms with van der Waals surface area (Å²) in [5.41, 5.74) is 2.07. The van der Waals surface area contributed by atoms with E-state index in [1.165, 1.54) is 0 Å². The molecule has 0 radical (unpaired) electrons. The SMILES string of the molecule is CCOC(=O)C1=C(C)NC(=O)NC1c1ccc(OCc2c(Cl)cccc2Cl)c(OCC)c1. The van der Waals surface area contributed by atoms with Crippen molar-refractivity contribution in [2.24, 2.45) is 0 Å². The van der Waals surface area contributed by atoms with E-state index in [-0.39, 0.29) is 13.2 Å². The molecule has 1 atom stereocenters. The van der Waals surface area contributed by atoms with Crippen LogP contribution in [0.15, 0.2) is 47.7 Å². The number of benzene rings is 2. The summed E-state index contributed by atoms with van der Waals surface area (Å²) in [6.45, 7) is 5.99. The van der Waals surface area contributed by atoms with E-state index in [0.29, 0.717) is 50.5 Å². The predicted molar refractivity (Wildman–Crippen MR) is 122 cm³/mol. The minimum absolute atomic E-state index is 0.148. The Morgan fingerprint density at radius 1 is 1.03 bits per heavy atom. The van der Waals surface area contributed by atoms with Gasteiger partial charge in [-0.2, -0.15) is 0 Å². The fourth-order valence-corrected chi connectivity index (χ4v) is 3.84. The van der Waals surface area contributed by atoms with E-state index >= 15 is 0 Å². The van der Waals surface area contributed by atoms with Crippen molar-refractivity contribution in [2.75, 3.05) is 13.2 Å². The van der Waals surface area contributed by atoms with Crippen LogP contribution in [-0.4, -0.2) is 25.2 Å². The van der Waals surface area contributed by atoms with E-state index in [9.17, 15) is 9.59 Å². The third-order valence-corrected chi connectivity index (χ3v) is 5.51. The van der Waals surface area contributed by atoms with Crippen molar-refractivity contribution in [3.63, 3.8) is 0 Å². The monoisotopic (exact) mass is 478 g/mol. The molecule has 0 aliphatic carbocycles. The number of ether oxygens (including phenoxy) is 3. The van der Waals surface area contributed by atoms with Gasteiger partial charge in [0.15, 0.2) is 11.5 Å². The number of amides is 2. The van der Waals surface area contributed by atoms with Gasteiger partial charge in [0.2, 0.25) is 0 Å². The van der Waals surface area contributed by atoms with Crippen molar-refractivity contribution in [3.05, 3.63) is 68.8 Å². The molecule has 2 N–H and O–H groups in total. The highest BCUT2D eigenvalue weighted by molar-refractivity contribution is 6.35. The van der Waals surface area contributed by atoms with E-state index in [2.05, 4.69) is 10.6 Å². The topological polar surface area (TPSA) is 85.9 Å². The number of esters is 1. The normalized spacial score (nSPS) is 15.7. The molecule has 0 spiro atoms. The molecule has 0 fully saturated rings. The summed E-state index contributed by atoms with van der Waals surface area (Å²) in [6, 6.07) is 9.34. The van der Waals surface area contributed by atoms with Crippen molar-refractivity contribution < 1.29 is 23.8 Å². The van der Waals surface area contributed by atoms with Crippen molar-refractivity contribution in [3.8, 4) is 11.5 Å². The van der Waals surface area contributed by atoms with E-state index < -0.39 is 18.0 Å². The van der Waals surface area contributed by atoms with Gasteiger partial charge >= 0.3 is 12.0 Å². The van der Waals surface area contributed by atoms with Crippen LogP contribution in [0.5, 0.6) is 11.5 Å². The van der Waals surface area contributed by atoms with Crippen LogP contribution in [0.4, 0.5) is 4.79 Å². The summed E-state index contributed by atoms with van der Waals surface area (Å²) in [6.07, 6.45) is 0. The standard InChI is InChI=1S/C23H24Cl2N2O5/c1-4-30-19-11-14(21-20(22(28)31-5-2)13(3)26-23(29)27-21)9-10-18(19)32-12-15-16(24)7-6-8-17(15)25/h6-11,21H,4-5,12H2,1-3H3,(H2,26,27,29). The van der Waals surface area contributed by atoms with Gasteiger partial charge in [-0.3, -0.25) is 0 Å². The third kappa shape index (κ3) is 5.29. The molecule has 1 heterocycles. The second kappa shape index (κ2) is 10.6. The lowest BCUT2D eigenvalue weighted by molar-refractivity contribution is -0.139. The molecule has 0 aromatic heterocycles. The second-order valence-electron chi connectivity index (χ2n) is 6.92. The number of carbonyl (C=O) groups excluding carboxylic acids is 2. The van der Waals surface area contributed by atoms with Gasteiger partial charge in [0.25, 0.3) is 0 Å². The zero-order chi connectivity index (χ0) is 23.3. The number of halogens is 2. The van der Waals surface area contributed by atoms with Gasteiger partial charge in [0, 0.05) is 21.3 Å². The second-order valence-corrected chi connectivity index (χ2v) is 7.73. The quantitative estimate of drug-likeness (QED) is 0.511. The molecule has 2 aromatic carbocycles. The van der Waals surface area contributed by atoms with Crippen LogP contribution >= 0.6 is 23.2 Å². The molecule has 3 rings (SSSR count). The van der Waals surface area contributed by atoms with E-state index in [1.54, 1.807) is 50.2 Å². The molecule has 1 aliphatic rings. The maximum Gasteiger partial charge on any atom is 0.338 e. The summed E-state index contributed by atoms with van der Waals surface area (Å²) in [4.78, 5) is 24.6. The summed E-state index contributed by atoms with van der Waals surface area (Å²) in [5, 5.41) is 6.40. The summed E-state index contributed by atoms with van der Waals surface area (Å²) in [7, 11) is 0. The summed E-state index contributed by atoms with van der Waals surface area (Å²) >= 11 is 12.5. The highest BCUT2D eigenvalue weighted by atomic mass is 35.5. The van der Waals surface area contributed by atoms with Gasteiger partial charge < -0.3 is 24.8 Å². The lowest BCUT2D eigenvalue weighted by atomic mass is 9.95. The average Bonchev–Trinajstić information content (AvgIpc) is 2.74. The first-order chi connectivity index (χ1) is 15.3. The van der Waals surface area contributed by atoms with Crippen LogP contribution in [0.25, 0.3) is 0 Å². The van der Waals surface area contributed by atoms with Crippen molar-refractivity contribution >= 4 is 35.2 Å². The Morgan fingerprint density at radius 3 is 2.41 bits per heavy atom. The highest BCUT2D eigenvalue weighted by Crippen LogP contribution is 2.36. The Labute approximate surface area is 196 Å². The Hall–Kier alpha value is -2.90. The van der Waals surface area contributed by atoms with Crippen LogP contribution in [-0.2, 0) is 16.1 Å². The van der Waals surface area contributed by atoms with Crippen LogP contribution in [0.2, 0.25) is 10.0 Å². The molecule has 32 heavy (non-hydrogen) atoms. The lowest BCUT2D eigenvalue weighted by Crippen LogP contribution is -2.45. The number of hydrogen-bond acceptors (Lipinski definition) is 5. The lowest BCUT2D eigenvalue weighted by Gasteiger charge is -2.28. The van der Waals surface area contributed by atoms with Crippen molar-refractivity contribution in [2.45, 2.75) is 33.4 Å². The van der Waals surface area contributed by atoms with E-state index in [4.69, 9.17) is 37.4 Å². The highest BCUT2D eigenvalue weighted by Gasteiger charge is 2.32. The van der Waals surface area contributed by atoms with Crippen LogP contribution < -0.4 is 20.1 Å². The van der Waals surface area contributed by atoms with Gasteiger partial charge in [0.05, 0.1) is 24.8 Å². The Kier molecular flexibility index (Phi) is 7.88. The van der Waals surface area contributed by atoms with E-state index in [1.807, 2.05) is 6.92 Å². The zero-order valence-corrected chi connectivity index (χ0v) is 19.5. The number of urea groups is 1. The molecular formula is C23H24Cl2N2O5. The first kappa shape index (κ1) is 23.8. The van der Waals surface area contributed by atoms with Gasteiger partial charge in [-0.05, 0) is 50.6 Å². The molecule has 170 valence electrons. The predicted octanol–water partition coefficient (Wildman–Crippen LogP) is 5.16. The number of allylic oxidation sites excluding steroid dienone is 1. The first-order valence-corrected chi connectivity index (χ1v) is 10.9. The molecule has 0 saturated carbocycles. The van der Waals surface area contributed by atoms with E-state index in [0.717, 1.165) is 0 Å². The van der Waals surface area contributed by atoms with Gasteiger partial charge in [-0.1, -0.05) is 35.3 Å². The Balaban J connectivity index is 1.93. The van der Waals surface area contributed by atoms with Crippen molar-refractivity contribution in [1.29, 1.82) is 0 Å². The fourth-order valence-electron chi connectivity index (χ4n) is 3.34. The number of hydrogen-bond donors (Lipinski definition) is 2. The molecule has 0 saturated heterocycles. The third-order valence-electron chi connectivity index (χ3n) is 4.80. The van der Waals surface area contributed by atoms with Crippen LogP contribution in [0, 0.1) is 0 Å². The summed E-state index contributed by atoms with van der Waals surface area (Å²) in [5.74, 6) is 0.432. The van der Waals surface area contributed by atoms with Gasteiger partial charge in [0.1, 0.15) is 6.61 Å². The number of rotatable bonds is 8. The number of carbonyl (C=O) groups is 2. The molecule has 7 nitrogen and oxygen atoms in total.